The smallest absolute Gasteiger partial charge is 0.240 e. The third kappa shape index (κ3) is 4.91. The van der Waals surface area contributed by atoms with Gasteiger partial charge in [-0.2, -0.15) is 0 Å². The highest BCUT2D eigenvalue weighted by atomic mass is 32.2. The predicted molar refractivity (Wildman–Crippen MR) is 81.1 cm³/mol. The molecule has 0 heterocycles. The van der Waals surface area contributed by atoms with Crippen LogP contribution in [0.2, 0.25) is 0 Å². The molecule has 7 nitrogen and oxygen atoms in total. The van der Waals surface area contributed by atoms with E-state index < -0.39 is 10.0 Å². The van der Waals surface area contributed by atoms with Gasteiger partial charge in [-0.05, 0) is 37.5 Å². The molecule has 1 amide bonds. The van der Waals surface area contributed by atoms with Gasteiger partial charge in [-0.25, -0.2) is 13.6 Å². The third-order valence-electron chi connectivity index (χ3n) is 3.15. The van der Waals surface area contributed by atoms with Crippen LogP contribution in [0.15, 0.2) is 23.1 Å². The van der Waals surface area contributed by atoms with Crippen LogP contribution in [0.5, 0.6) is 0 Å². The van der Waals surface area contributed by atoms with E-state index in [1.54, 1.807) is 12.1 Å². The Morgan fingerprint density at radius 1 is 1.33 bits per heavy atom. The van der Waals surface area contributed by atoms with Gasteiger partial charge in [0.2, 0.25) is 15.9 Å². The Morgan fingerprint density at radius 3 is 2.67 bits per heavy atom. The summed E-state index contributed by atoms with van der Waals surface area (Å²) in [6.45, 7) is 0.477. The first-order valence-corrected chi connectivity index (χ1v) is 8.36. The van der Waals surface area contributed by atoms with Crippen LogP contribution in [0.25, 0.3) is 0 Å². The van der Waals surface area contributed by atoms with Crippen molar-refractivity contribution in [2.24, 2.45) is 5.14 Å². The fraction of sp³-hybridized carbons (Fsp3) is 0.462. The number of primary sulfonamides is 1. The molecule has 1 saturated carbocycles. The lowest BCUT2D eigenvalue weighted by Crippen LogP contribution is -2.25. The van der Waals surface area contributed by atoms with E-state index in [-0.39, 0.29) is 10.8 Å². The van der Waals surface area contributed by atoms with Crippen molar-refractivity contribution in [3.63, 3.8) is 0 Å². The molecule has 0 radical (unpaired) electrons. The molecule has 1 aromatic rings. The van der Waals surface area contributed by atoms with E-state index in [4.69, 9.17) is 10.9 Å². The average molecular weight is 312 g/mol. The minimum atomic E-state index is -3.84. The number of hydrogen-bond donors (Lipinski definition) is 4. The number of rotatable bonds is 7. The first-order valence-electron chi connectivity index (χ1n) is 6.82. The first-order chi connectivity index (χ1) is 9.86. The number of carbonyl (C=O) groups excluding carboxylic acids is 1. The minimum Gasteiger partial charge on any atom is -0.399 e. The highest BCUT2D eigenvalue weighted by Crippen LogP contribution is 2.23. The molecular formula is C13H20N4O3S. The molecule has 0 spiro atoms. The van der Waals surface area contributed by atoms with Crippen LogP contribution < -0.4 is 21.5 Å². The summed E-state index contributed by atoms with van der Waals surface area (Å²) in [5.41, 5.74) is 6.29. The topological polar surface area (TPSA) is 127 Å². The SMILES string of the molecule is Nc1ccc(NCCCC(=O)NC2CC2)c(S(N)(=O)=O)c1. The normalized spacial score (nSPS) is 14.7. The number of hydrogen-bond acceptors (Lipinski definition) is 5. The zero-order valence-corrected chi connectivity index (χ0v) is 12.4. The van der Waals surface area contributed by atoms with Crippen molar-refractivity contribution in [2.45, 2.75) is 36.6 Å². The Bertz CT molecular complexity index is 626. The summed E-state index contributed by atoms with van der Waals surface area (Å²) in [4.78, 5) is 11.5. The van der Waals surface area contributed by atoms with Crippen LogP contribution in [-0.2, 0) is 14.8 Å². The second-order valence-electron chi connectivity index (χ2n) is 5.17. The maximum Gasteiger partial charge on any atom is 0.240 e. The first kappa shape index (κ1) is 15.6. The molecule has 0 aromatic heterocycles. The number of amides is 1. The van der Waals surface area contributed by atoms with Gasteiger partial charge in [0.15, 0.2) is 0 Å². The zero-order chi connectivity index (χ0) is 15.5. The summed E-state index contributed by atoms with van der Waals surface area (Å²) >= 11 is 0. The van der Waals surface area contributed by atoms with Crippen molar-refractivity contribution >= 4 is 27.3 Å². The summed E-state index contributed by atoms with van der Waals surface area (Å²) in [6, 6.07) is 4.84. The number of nitrogens with two attached hydrogens (primary N) is 2. The van der Waals surface area contributed by atoms with E-state index in [1.165, 1.54) is 6.07 Å². The van der Waals surface area contributed by atoms with Crippen LogP contribution in [0, 0.1) is 0 Å². The zero-order valence-electron chi connectivity index (χ0n) is 11.6. The number of anilines is 2. The molecule has 21 heavy (non-hydrogen) atoms. The van der Waals surface area contributed by atoms with Crippen molar-refractivity contribution in [1.29, 1.82) is 0 Å². The van der Waals surface area contributed by atoms with E-state index in [9.17, 15) is 13.2 Å². The van der Waals surface area contributed by atoms with Gasteiger partial charge in [-0.15, -0.1) is 0 Å². The molecule has 0 aliphatic heterocycles. The molecular weight excluding hydrogens is 292 g/mol. The Labute approximate surface area is 124 Å². The summed E-state index contributed by atoms with van der Waals surface area (Å²) in [5.74, 6) is 0.0308. The number of nitrogens with one attached hydrogen (secondary N) is 2. The van der Waals surface area contributed by atoms with Crippen molar-refractivity contribution < 1.29 is 13.2 Å². The lowest BCUT2D eigenvalue weighted by atomic mass is 10.2. The van der Waals surface area contributed by atoms with Gasteiger partial charge in [0.05, 0.1) is 5.69 Å². The lowest BCUT2D eigenvalue weighted by molar-refractivity contribution is -0.121. The predicted octanol–water partition coefficient (Wildman–Crippen LogP) is 0.387. The molecule has 1 aliphatic rings. The van der Waals surface area contributed by atoms with E-state index >= 15 is 0 Å². The standard InChI is InChI=1S/C13H20N4O3S/c14-9-3-6-11(12(8-9)21(15,19)20)16-7-1-2-13(18)17-10-4-5-10/h3,6,8,10,16H,1-2,4-5,7,14H2,(H,17,18)(H2,15,19,20). The van der Waals surface area contributed by atoms with Crippen molar-refractivity contribution in [1.82, 2.24) is 5.32 Å². The van der Waals surface area contributed by atoms with E-state index in [2.05, 4.69) is 10.6 Å². The van der Waals surface area contributed by atoms with Crippen molar-refractivity contribution in [2.75, 3.05) is 17.6 Å². The second-order valence-corrected chi connectivity index (χ2v) is 6.70. The molecule has 1 aromatic carbocycles. The quantitative estimate of drug-likeness (QED) is 0.428. The molecule has 116 valence electrons. The molecule has 8 heteroatoms. The molecule has 1 fully saturated rings. The van der Waals surface area contributed by atoms with Crippen LogP contribution in [0.4, 0.5) is 11.4 Å². The highest BCUT2D eigenvalue weighted by Gasteiger charge is 2.22. The van der Waals surface area contributed by atoms with Gasteiger partial charge in [0, 0.05) is 24.7 Å². The molecule has 6 N–H and O–H groups in total. The monoisotopic (exact) mass is 312 g/mol. The second kappa shape index (κ2) is 6.31. The number of nitrogen functional groups attached to an aromatic ring is 1. The third-order valence-corrected chi connectivity index (χ3v) is 4.10. The Morgan fingerprint density at radius 2 is 2.05 bits per heavy atom. The van der Waals surface area contributed by atoms with Gasteiger partial charge in [-0.3, -0.25) is 4.79 Å². The van der Waals surface area contributed by atoms with Gasteiger partial charge < -0.3 is 16.4 Å². The fourth-order valence-electron chi connectivity index (χ4n) is 1.92. The molecule has 1 aliphatic carbocycles. The van der Waals surface area contributed by atoms with Crippen LogP contribution in [0.1, 0.15) is 25.7 Å². The van der Waals surface area contributed by atoms with Gasteiger partial charge >= 0.3 is 0 Å². The minimum absolute atomic E-state index is 0.0308. The summed E-state index contributed by atoms with van der Waals surface area (Å²) in [5, 5.41) is 11.0. The molecule has 0 bridgehead atoms. The van der Waals surface area contributed by atoms with Gasteiger partial charge in [0.25, 0.3) is 0 Å². The van der Waals surface area contributed by atoms with Crippen molar-refractivity contribution in [3.05, 3.63) is 18.2 Å². The number of carbonyl (C=O) groups is 1. The van der Waals surface area contributed by atoms with Crippen molar-refractivity contribution in [3.8, 4) is 0 Å². The molecule has 0 unspecified atom stereocenters. The van der Waals surface area contributed by atoms with Gasteiger partial charge in [0.1, 0.15) is 4.90 Å². The lowest BCUT2D eigenvalue weighted by Gasteiger charge is -2.11. The van der Waals surface area contributed by atoms with Crippen LogP contribution in [-0.4, -0.2) is 26.9 Å². The van der Waals surface area contributed by atoms with Gasteiger partial charge in [-0.1, -0.05) is 0 Å². The maximum atomic E-state index is 11.5. The Hall–Kier alpha value is -1.80. The Kier molecular flexibility index (Phi) is 4.69. The summed E-state index contributed by atoms with van der Waals surface area (Å²) in [6.07, 6.45) is 3.14. The van der Waals surface area contributed by atoms with Crippen LogP contribution in [0.3, 0.4) is 0 Å². The van der Waals surface area contributed by atoms with E-state index in [0.717, 1.165) is 12.8 Å². The number of sulfonamides is 1. The van der Waals surface area contributed by atoms with Crippen LogP contribution >= 0.6 is 0 Å². The summed E-state index contributed by atoms with van der Waals surface area (Å²) < 4.78 is 23.0. The fourth-order valence-corrected chi connectivity index (χ4v) is 2.67. The highest BCUT2D eigenvalue weighted by molar-refractivity contribution is 7.89. The maximum absolute atomic E-state index is 11.5. The molecule has 2 rings (SSSR count). The largest absolute Gasteiger partial charge is 0.399 e. The molecule has 0 atom stereocenters. The number of benzene rings is 1. The van der Waals surface area contributed by atoms with E-state index in [1.807, 2.05) is 0 Å². The summed E-state index contributed by atoms with van der Waals surface area (Å²) in [7, 11) is -3.84. The average Bonchev–Trinajstić information content (AvgIpc) is 3.18. The van der Waals surface area contributed by atoms with E-state index in [0.29, 0.717) is 36.8 Å². The Balaban J connectivity index is 1.86. The molecule has 0 saturated heterocycles.